The van der Waals surface area contributed by atoms with Crippen molar-refractivity contribution in [1.29, 1.82) is 0 Å². The van der Waals surface area contributed by atoms with Gasteiger partial charge in [-0.25, -0.2) is 0 Å². The molecule has 2 aromatic carbocycles. The molecular formula is C18H14ClNO3. The molecule has 23 heavy (non-hydrogen) atoms. The van der Waals surface area contributed by atoms with Gasteiger partial charge >= 0.3 is 0 Å². The van der Waals surface area contributed by atoms with Crippen molar-refractivity contribution in [2.75, 3.05) is 5.32 Å². The number of carbonyl (C=O) groups is 2. The number of halogens is 1. The van der Waals surface area contributed by atoms with Crippen LogP contribution in [0.25, 0.3) is 0 Å². The van der Waals surface area contributed by atoms with E-state index in [4.69, 9.17) is 11.6 Å². The Kier molecular flexibility index (Phi) is 3.08. The molecule has 2 atom stereocenters. The minimum absolute atomic E-state index is 0.188. The average Bonchev–Trinajstić information content (AvgIpc) is 2.79. The molecule has 1 heterocycles. The first-order valence-corrected chi connectivity index (χ1v) is 7.85. The maximum absolute atomic E-state index is 12.9. The van der Waals surface area contributed by atoms with E-state index in [9.17, 15) is 14.7 Å². The summed E-state index contributed by atoms with van der Waals surface area (Å²) in [4.78, 5) is 25.3. The summed E-state index contributed by atoms with van der Waals surface area (Å²) in [5, 5.41) is 14.3. The fraction of sp³-hybridized carbons (Fsp3) is 0.222. The molecule has 1 aliphatic carbocycles. The van der Waals surface area contributed by atoms with Gasteiger partial charge in [0.05, 0.1) is 5.92 Å². The predicted molar refractivity (Wildman–Crippen MR) is 86.6 cm³/mol. The fourth-order valence-corrected chi connectivity index (χ4v) is 3.81. The Bertz CT molecular complexity index is 848. The van der Waals surface area contributed by atoms with Gasteiger partial charge in [0, 0.05) is 21.8 Å². The lowest BCUT2D eigenvalue weighted by Gasteiger charge is -2.33. The fourth-order valence-electron chi connectivity index (χ4n) is 3.63. The highest BCUT2D eigenvalue weighted by Gasteiger charge is 2.54. The zero-order chi connectivity index (χ0) is 16.2. The van der Waals surface area contributed by atoms with Crippen LogP contribution in [0.2, 0.25) is 5.02 Å². The minimum atomic E-state index is -1.84. The van der Waals surface area contributed by atoms with Crippen LogP contribution in [0.1, 0.15) is 27.9 Å². The first-order valence-electron chi connectivity index (χ1n) is 7.48. The normalized spacial score (nSPS) is 25.7. The van der Waals surface area contributed by atoms with Crippen LogP contribution in [0.4, 0.5) is 5.69 Å². The molecule has 0 radical (unpaired) electrons. The van der Waals surface area contributed by atoms with Crippen molar-refractivity contribution in [2.45, 2.75) is 18.4 Å². The molecule has 0 aromatic heterocycles. The van der Waals surface area contributed by atoms with Crippen molar-refractivity contribution in [3.63, 3.8) is 0 Å². The Morgan fingerprint density at radius 3 is 2.78 bits per heavy atom. The van der Waals surface area contributed by atoms with Gasteiger partial charge in [-0.2, -0.15) is 0 Å². The summed E-state index contributed by atoms with van der Waals surface area (Å²) in [5.74, 6) is -1.54. The van der Waals surface area contributed by atoms with Gasteiger partial charge < -0.3 is 10.4 Å². The van der Waals surface area contributed by atoms with Crippen LogP contribution < -0.4 is 5.32 Å². The summed E-state index contributed by atoms with van der Waals surface area (Å²) < 4.78 is 0. The first kappa shape index (κ1) is 14.4. The number of ketones is 1. The molecule has 0 saturated heterocycles. The van der Waals surface area contributed by atoms with Gasteiger partial charge in [-0.3, -0.25) is 9.59 Å². The maximum Gasteiger partial charge on any atom is 0.261 e. The highest BCUT2D eigenvalue weighted by atomic mass is 35.5. The van der Waals surface area contributed by atoms with Crippen molar-refractivity contribution in [1.82, 2.24) is 0 Å². The molecule has 4 nitrogen and oxygen atoms in total. The van der Waals surface area contributed by atoms with Crippen molar-refractivity contribution in [3.05, 3.63) is 64.2 Å². The minimum Gasteiger partial charge on any atom is -0.375 e. The third-order valence-electron chi connectivity index (χ3n) is 4.79. The van der Waals surface area contributed by atoms with E-state index in [-0.39, 0.29) is 5.78 Å². The molecule has 0 spiro atoms. The lowest BCUT2D eigenvalue weighted by Crippen LogP contribution is -2.47. The first-order chi connectivity index (χ1) is 11.0. The topological polar surface area (TPSA) is 66.4 Å². The second-order valence-corrected chi connectivity index (χ2v) is 6.46. The molecule has 5 heteroatoms. The largest absolute Gasteiger partial charge is 0.375 e. The second kappa shape index (κ2) is 4.91. The molecule has 0 saturated carbocycles. The average molecular weight is 328 g/mol. The number of hydrogen-bond acceptors (Lipinski definition) is 3. The molecule has 4 rings (SSSR count). The maximum atomic E-state index is 12.9. The van der Waals surface area contributed by atoms with Crippen molar-refractivity contribution in [3.8, 4) is 0 Å². The predicted octanol–water partition coefficient (Wildman–Crippen LogP) is 2.93. The molecular weight excluding hydrogens is 314 g/mol. The number of anilines is 1. The van der Waals surface area contributed by atoms with Crippen molar-refractivity contribution < 1.29 is 14.7 Å². The van der Waals surface area contributed by atoms with E-state index in [0.29, 0.717) is 34.7 Å². The number of nitrogens with one attached hydrogen (secondary N) is 1. The molecule has 2 unspecified atom stereocenters. The summed E-state index contributed by atoms with van der Waals surface area (Å²) in [5.41, 5.74) is 0.602. The Morgan fingerprint density at radius 2 is 1.96 bits per heavy atom. The molecule has 0 bridgehead atoms. The molecule has 1 amide bonds. The Balaban J connectivity index is 1.82. The smallest absolute Gasteiger partial charge is 0.261 e. The van der Waals surface area contributed by atoms with E-state index in [0.717, 1.165) is 5.56 Å². The van der Waals surface area contributed by atoms with E-state index in [1.807, 2.05) is 12.1 Å². The molecule has 2 aliphatic rings. The van der Waals surface area contributed by atoms with Crippen LogP contribution in [0.15, 0.2) is 42.5 Å². The van der Waals surface area contributed by atoms with Crippen LogP contribution in [0.5, 0.6) is 0 Å². The van der Waals surface area contributed by atoms with E-state index in [1.54, 1.807) is 30.3 Å². The molecule has 116 valence electrons. The standard InChI is InChI=1S/C18H14ClNO3/c19-11-6-8-13-15(9-11)20-17(22)18(13,23)14-7-5-10-3-1-2-4-12(10)16(14)21/h1-4,6,8-9,14,23H,5,7H2,(H,20,22). The number of aliphatic hydroxyl groups is 1. The van der Waals surface area contributed by atoms with Gasteiger partial charge in [0.1, 0.15) is 0 Å². The number of Topliss-reactive ketones (excluding diaryl/α,β-unsaturated/α-hetero) is 1. The number of fused-ring (bicyclic) bond motifs is 2. The monoisotopic (exact) mass is 327 g/mol. The Hall–Kier alpha value is -2.17. The van der Waals surface area contributed by atoms with Crippen LogP contribution in [0.3, 0.4) is 0 Å². The summed E-state index contributed by atoms with van der Waals surface area (Å²) in [7, 11) is 0. The summed E-state index contributed by atoms with van der Waals surface area (Å²) >= 11 is 5.95. The van der Waals surface area contributed by atoms with Crippen LogP contribution in [-0.4, -0.2) is 16.8 Å². The number of carbonyl (C=O) groups excluding carboxylic acids is 2. The number of amides is 1. The van der Waals surface area contributed by atoms with E-state index in [1.165, 1.54) is 0 Å². The van der Waals surface area contributed by atoms with Crippen molar-refractivity contribution in [2.24, 2.45) is 5.92 Å². The van der Waals surface area contributed by atoms with E-state index in [2.05, 4.69) is 5.32 Å². The quantitative estimate of drug-likeness (QED) is 0.846. The SMILES string of the molecule is O=C1c2ccccc2CCC1C1(O)C(=O)Nc2cc(Cl)ccc21. The van der Waals surface area contributed by atoms with Gasteiger partial charge in [-0.05, 0) is 30.5 Å². The highest BCUT2D eigenvalue weighted by molar-refractivity contribution is 6.31. The van der Waals surface area contributed by atoms with Crippen LogP contribution >= 0.6 is 11.6 Å². The molecule has 2 aromatic rings. The summed E-state index contributed by atoms with van der Waals surface area (Å²) in [6.07, 6.45) is 1.09. The summed E-state index contributed by atoms with van der Waals surface area (Å²) in [6, 6.07) is 12.2. The third-order valence-corrected chi connectivity index (χ3v) is 5.03. The zero-order valence-electron chi connectivity index (χ0n) is 12.2. The van der Waals surface area contributed by atoms with Gasteiger partial charge in [0.25, 0.3) is 5.91 Å². The number of aryl methyl sites for hydroxylation is 1. The molecule has 1 aliphatic heterocycles. The highest BCUT2D eigenvalue weighted by Crippen LogP contribution is 2.46. The van der Waals surface area contributed by atoms with Crippen LogP contribution in [0, 0.1) is 5.92 Å². The van der Waals surface area contributed by atoms with Crippen molar-refractivity contribution >= 4 is 29.0 Å². The molecule has 2 N–H and O–H groups in total. The molecule has 0 fully saturated rings. The lowest BCUT2D eigenvalue weighted by atomic mass is 9.71. The van der Waals surface area contributed by atoms with E-state index >= 15 is 0 Å². The van der Waals surface area contributed by atoms with Gasteiger partial charge in [0.15, 0.2) is 11.4 Å². The third kappa shape index (κ3) is 1.95. The summed E-state index contributed by atoms with van der Waals surface area (Å²) in [6.45, 7) is 0. The van der Waals surface area contributed by atoms with Gasteiger partial charge in [0.2, 0.25) is 0 Å². The Morgan fingerprint density at radius 1 is 1.17 bits per heavy atom. The Labute approximate surface area is 138 Å². The van der Waals surface area contributed by atoms with Crippen LogP contribution in [-0.2, 0) is 16.8 Å². The zero-order valence-corrected chi connectivity index (χ0v) is 12.9. The lowest BCUT2D eigenvalue weighted by molar-refractivity contribution is -0.138. The number of benzene rings is 2. The second-order valence-electron chi connectivity index (χ2n) is 6.02. The van der Waals surface area contributed by atoms with Gasteiger partial charge in [-0.15, -0.1) is 0 Å². The number of hydrogen-bond donors (Lipinski definition) is 2. The number of rotatable bonds is 1. The van der Waals surface area contributed by atoms with E-state index < -0.39 is 17.4 Å². The van der Waals surface area contributed by atoms with Gasteiger partial charge in [-0.1, -0.05) is 41.9 Å².